The Kier molecular flexibility index (Phi) is 4.88. The van der Waals surface area contributed by atoms with Gasteiger partial charge in [-0.1, -0.05) is 6.07 Å². The Morgan fingerprint density at radius 1 is 1.28 bits per heavy atom. The van der Waals surface area contributed by atoms with E-state index in [1.807, 2.05) is 30.7 Å². The first-order valence-corrected chi connectivity index (χ1v) is 10.2. The van der Waals surface area contributed by atoms with E-state index in [9.17, 15) is 13.2 Å². The summed E-state index contributed by atoms with van der Waals surface area (Å²) in [5, 5.41) is 6.46. The number of nitrogens with zero attached hydrogens (tertiary/aromatic N) is 2. The highest BCUT2D eigenvalue weighted by Gasteiger charge is 2.23. The Morgan fingerprint density at radius 2 is 2.04 bits per heavy atom. The first-order valence-electron chi connectivity index (χ1n) is 7.97. The molecule has 0 atom stereocenters. The monoisotopic (exact) mass is 426 g/mol. The van der Waals surface area contributed by atoms with Crippen LogP contribution in [0, 0.1) is 0 Å². The lowest BCUT2D eigenvalue weighted by Crippen LogP contribution is -2.35. The predicted octanol–water partition coefficient (Wildman–Crippen LogP) is 3.23. The quantitative estimate of drug-likeness (QED) is 0.784. The average Bonchev–Trinajstić information content (AvgIpc) is 3.18. The standard InChI is InChI=1S/C16H19BrN4O3S/c1-10(2)21-9-8-14(19-21)25(23,24)20-16(22)18-15-12-5-3-4-11(12)6-7-13(15)17/h6-10H,3-5H2,1-2H3,(H2,18,20,22). The van der Waals surface area contributed by atoms with Gasteiger partial charge in [0.05, 0.1) is 5.69 Å². The van der Waals surface area contributed by atoms with Crippen molar-refractivity contribution in [2.24, 2.45) is 0 Å². The van der Waals surface area contributed by atoms with Gasteiger partial charge in [0.2, 0.25) is 0 Å². The van der Waals surface area contributed by atoms with Gasteiger partial charge in [-0.2, -0.15) is 13.5 Å². The summed E-state index contributed by atoms with van der Waals surface area (Å²) in [7, 11) is -4.03. The van der Waals surface area contributed by atoms with Gasteiger partial charge in [0.15, 0.2) is 5.03 Å². The summed E-state index contributed by atoms with van der Waals surface area (Å²) in [5.74, 6) is 0. The van der Waals surface area contributed by atoms with Gasteiger partial charge in [0.1, 0.15) is 0 Å². The fraction of sp³-hybridized carbons (Fsp3) is 0.375. The first kappa shape index (κ1) is 17.9. The first-order chi connectivity index (χ1) is 11.8. The molecule has 1 heterocycles. The van der Waals surface area contributed by atoms with Gasteiger partial charge in [-0.05, 0) is 72.3 Å². The molecule has 25 heavy (non-hydrogen) atoms. The summed E-state index contributed by atoms with van der Waals surface area (Å²) in [5.41, 5.74) is 2.85. The van der Waals surface area contributed by atoms with Crippen LogP contribution in [0.1, 0.15) is 37.4 Å². The Hall–Kier alpha value is -1.87. The Bertz CT molecular complexity index is 921. The topological polar surface area (TPSA) is 93.1 Å². The number of hydrogen-bond acceptors (Lipinski definition) is 4. The Labute approximate surface area is 155 Å². The maximum atomic E-state index is 12.3. The van der Waals surface area contributed by atoms with Crippen LogP contribution >= 0.6 is 15.9 Å². The van der Waals surface area contributed by atoms with Gasteiger partial charge in [0, 0.05) is 16.7 Å². The molecule has 0 radical (unpaired) electrons. The number of hydrogen-bond donors (Lipinski definition) is 2. The lowest BCUT2D eigenvalue weighted by Gasteiger charge is -2.13. The molecule has 1 aromatic heterocycles. The highest BCUT2D eigenvalue weighted by Crippen LogP contribution is 2.34. The van der Waals surface area contributed by atoms with Crippen molar-refractivity contribution in [3.8, 4) is 0 Å². The number of anilines is 1. The maximum Gasteiger partial charge on any atom is 0.333 e. The summed E-state index contributed by atoms with van der Waals surface area (Å²) in [6.45, 7) is 3.77. The number of amides is 2. The molecule has 2 amide bonds. The van der Waals surface area contributed by atoms with Crippen molar-refractivity contribution >= 4 is 37.7 Å². The molecule has 2 aromatic rings. The maximum absolute atomic E-state index is 12.3. The summed E-state index contributed by atoms with van der Waals surface area (Å²) in [6.07, 6.45) is 4.41. The third kappa shape index (κ3) is 3.72. The lowest BCUT2D eigenvalue weighted by atomic mass is 10.1. The molecule has 1 aliphatic carbocycles. The fourth-order valence-corrected chi connectivity index (χ4v) is 4.15. The average molecular weight is 427 g/mol. The number of aromatic nitrogens is 2. The number of halogens is 1. The predicted molar refractivity (Wildman–Crippen MR) is 98.1 cm³/mol. The molecule has 9 heteroatoms. The summed E-state index contributed by atoms with van der Waals surface area (Å²) in [6, 6.07) is 4.47. The van der Waals surface area contributed by atoms with Crippen molar-refractivity contribution in [1.82, 2.24) is 14.5 Å². The molecule has 1 aliphatic rings. The molecule has 2 N–H and O–H groups in total. The van der Waals surface area contributed by atoms with Gasteiger partial charge in [-0.3, -0.25) is 4.68 Å². The molecule has 0 aliphatic heterocycles. The van der Waals surface area contributed by atoms with E-state index in [2.05, 4.69) is 26.3 Å². The van der Waals surface area contributed by atoms with E-state index in [0.29, 0.717) is 5.69 Å². The van der Waals surface area contributed by atoms with E-state index in [1.165, 1.54) is 16.3 Å². The van der Waals surface area contributed by atoms with E-state index in [1.54, 1.807) is 6.20 Å². The molecular weight excluding hydrogens is 408 g/mol. The number of urea groups is 1. The zero-order valence-electron chi connectivity index (χ0n) is 13.9. The van der Waals surface area contributed by atoms with E-state index in [4.69, 9.17) is 0 Å². The van der Waals surface area contributed by atoms with Crippen LogP contribution in [0.15, 0.2) is 33.9 Å². The smallest absolute Gasteiger partial charge is 0.306 e. The van der Waals surface area contributed by atoms with Crippen LogP contribution in [-0.2, 0) is 22.9 Å². The number of carbonyl (C=O) groups excluding carboxylic acids is 1. The second-order valence-corrected chi connectivity index (χ2v) is 8.68. The van der Waals surface area contributed by atoms with E-state index in [0.717, 1.165) is 29.3 Å². The van der Waals surface area contributed by atoms with Crippen LogP contribution in [0.25, 0.3) is 0 Å². The molecule has 0 unspecified atom stereocenters. The number of fused-ring (bicyclic) bond motifs is 1. The number of sulfonamides is 1. The van der Waals surface area contributed by atoms with Gasteiger partial charge in [0.25, 0.3) is 10.0 Å². The van der Waals surface area contributed by atoms with Crippen LogP contribution in [0.5, 0.6) is 0 Å². The molecule has 0 saturated carbocycles. The van der Waals surface area contributed by atoms with Crippen molar-refractivity contribution in [1.29, 1.82) is 0 Å². The van der Waals surface area contributed by atoms with Crippen molar-refractivity contribution in [2.75, 3.05) is 5.32 Å². The normalized spacial score (nSPS) is 13.8. The highest BCUT2D eigenvalue weighted by atomic mass is 79.9. The third-order valence-corrected chi connectivity index (χ3v) is 5.97. The second-order valence-electron chi connectivity index (χ2n) is 6.20. The van der Waals surface area contributed by atoms with Crippen molar-refractivity contribution in [3.63, 3.8) is 0 Å². The van der Waals surface area contributed by atoms with Crippen LogP contribution in [0.2, 0.25) is 0 Å². The van der Waals surface area contributed by atoms with Gasteiger partial charge < -0.3 is 5.32 Å². The van der Waals surface area contributed by atoms with Crippen LogP contribution in [0.3, 0.4) is 0 Å². The second kappa shape index (κ2) is 6.80. The molecular formula is C16H19BrN4O3S. The summed E-state index contributed by atoms with van der Waals surface area (Å²) in [4.78, 5) is 12.2. The number of aryl methyl sites for hydroxylation is 1. The van der Waals surface area contributed by atoms with E-state index >= 15 is 0 Å². The number of rotatable bonds is 4. The summed E-state index contributed by atoms with van der Waals surface area (Å²) >= 11 is 3.41. The third-order valence-electron chi connectivity index (χ3n) is 4.09. The van der Waals surface area contributed by atoms with Crippen LogP contribution < -0.4 is 10.0 Å². The van der Waals surface area contributed by atoms with Crippen LogP contribution in [-0.4, -0.2) is 24.2 Å². The molecule has 1 aromatic carbocycles. The Balaban J connectivity index is 1.77. The van der Waals surface area contributed by atoms with Gasteiger partial charge in [-0.25, -0.2) is 9.52 Å². The highest BCUT2D eigenvalue weighted by molar-refractivity contribution is 9.10. The lowest BCUT2D eigenvalue weighted by molar-refractivity contribution is 0.256. The molecule has 7 nitrogen and oxygen atoms in total. The van der Waals surface area contributed by atoms with E-state index < -0.39 is 16.1 Å². The number of nitrogens with one attached hydrogen (secondary N) is 2. The molecule has 0 saturated heterocycles. The Morgan fingerprint density at radius 3 is 2.72 bits per heavy atom. The molecule has 134 valence electrons. The zero-order chi connectivity index (χ0) is 18.2. The van der Waals surface area contributed by atoms with Gasteiger partial charge >= 0.3 is 6.03 Å². The fourth-order valence-electron chi connectivity index (χ4n) is 2.84. The van der Waals surface area contributed by atoms with Crippen molar-refractivity contribution < 1.29 is 13.2 Å². The number of carbonyl (C=O) groups is 1. The molecule has 0 spiro atoms. The van der Waals surface area contributed by atoms with Crippen molar-refractivity contribution in [2.45, 2.75) is 44.2 Å². The van der Waals surface area contributed by atoms with E-state index in [-0.39, 0.29) is 11.1 Å². The largest absolute Gasteiger partial charge is 0.333 e. The minimum atomic E-state index is -4.03. The minimum absolute atomic E-state index is 0.0284. The number of benzene rings is 1. The molecule has 0 fully saturated rings. The van der Waals surface area contributed by atoms with Gasteiger partial charge in [-0.15, -0.1) is 0 Å². The van der Waals surface area contributed by atoms with Crippen LogP contribution in [0.4, 0.5) is 10.5 Å². The SMILES string of the molecule is CC(C)n1ccc(S(=O)(=O)NC(=O)Nc2c(Br)ccc3c2CCC3)n1. The molecule has 0 bridgehead atoms. The zero-order valence-corrected chi connectivity index (χ0v) is 16.3. The summed E-state index contributed by atoms with van der Waals surface area (Å²) < 4.78 is 28.9. The molecule has 3 rings (SSSR count). The van der Waals surface area contributed by atoms with Crippen molar-refractivity contribution in [3.05, 3.63) is 40.0 Å². The minimum Gasteiger partial charge on any atom is -0.306 e.